The lowest BCUT2D eigenvalue weighted by molar-refractivity contribution is -0.151. The van der Waals surface area contributed by atoms with Crippen LogP contribution in [0.25, 0.3) is 0 Å². The van der Waals surface area contributed by atoms with Gasteiger partial charge in [0.25, 0.3) is 0 Å². The highest BCUT2D eigenvalue weighted by Gasteiger charge is 2.40. The zero-order valence-corrected chi connectivity index (χ0v) is 13.8. The van der Waals surface area contributed by atoms with Gasteiger partial charge >= 0.3 is 0 Å². The maximum Gasteiger partial charge on any atom is 0.245 e. The highest BCUT2D eigenvalue weighted by Crippen LogP contribution is 2.23. The molecule has 2 rings (SSSR count). The minimum atomic E-state index is -0.578. The Morgan fingerprint density at radius 1 is 1.38 bits per heavy atom. The van der Waals surface area contributed by atoms with Gasteiger partial charge < -0.3 is 10.2 Å². The average Bonchev–Trinajstić information content (AvgIpc) is 2.38. The lowest BCUT2D eigenvalue weighted by Gasteiger charge is -2.40. The number of nitrogens with one attached hydrogen (secondary N) is 1. The van der Waals surface area contributed by atoms with Crippen molar-refractivity contribution in [3.8, 4) is 0 Å². The van der Waals surface area contributed by atoms with Crippen molar-refractivity contribution in [1.29, 1.82) is 0 Å². The SMILES string of the molecule is CC1NC(=O)C(C(C)C)N(Cc2ccc(Br)cc2F)C1=O. The Labute approximate surface area is 131 Å². The fraction of sp³-hybridized carbons (Fsp3) is 0.467. The first-order chi connectivity index (χ1) is 9.81. The summed E-state index contributed by atoms with van der Waals surface area (Å²) in [6.45, 7) is 5.48. The lowest BCUT2D eigenvalue weighted by Crippen LogP contribution is -2.63. The van der Waals surface area contributed by atoms with E-state index in [1.807, 2.05) is 13.8 Å². The molecule has 0 spiro atoms. The summed E-state index contributed by atoms with van der Waals surface area (Å²) in [5.41, 5.74) is 0.402. The zero-order chi connectivity index (χ0) is 15.7. The average molecular weight is 357 g/mol. The predicted molar refractivity (Wildman–Crippen MR) is 80.9 cm³/mol. The van der Waals surface area contributed by atoms with Crippen LogP contribution in [0.2, 0.25) is 0 Å². The van der Waals surface area contributed by atoms with Gasteiger partial charge in [0.1, 0.15) is 17.9 Å². The van der Waals surface area contributed by atoms with E-state index in [1.165, 1.54) is 11.0 Å². The molecule has 0 saturated carbocycles. The fourth-order valence-electron chi connectivity index (χ4n) is 2.56. The number of carbonyl (C=O) groups is 2. The van der Waals surface area contributed by atoms with Gasteiger partial charge in [0.2, 0.25) is 11.8 Å². The lowest BCUT2D eigenvalue weighted by atomic mass is 9.96. The summed E-state index contributed by atoms with van der Waals surface area (Å²) in [5.74, 6) is -0.802. The van der Waals surface area contributed by atoms with Gasteiger partial charge in [0.05, 0.1) is 0 Å². The smallest absolute Gasteiger partial charge is 0.245 e. The topological polar surface area (TPSA) is 49.4 Å². The molecule has 0 radical (unpaired) electrons. The van der Waals surface area contributed by atoms with E-state index >= 15 is 0 Å². The van der Waals surface area contributed by atoms with E-state index in [0.717, 1.165) is 0 Å². The van der Waals surface area contributed by atoms with E-state index in [9.17, 15) is 14.0 Å². The first kappa shape index (κ1) is 15.9. The minimum Gasteiger partial charge on any atom is -0.343 e. The molecule has 0 aliphatic carbocycles. The second-order valence-electron chi connectivity index (χ2n) is 5.62. The van der Waals surface area contributed by atoms with Crippen LogP contribution in [0.3, 0.4) is 0 Å². The highest BCUT2D eigenvalue weighted by molar-refractivity contribution is 9.10. The highest BCUT2D eigenvalue weighted by atomic mass is 79.9. The molecular formula is C15H18BrFN2O2. The molecule has 114 valence electrons. The molecule has 4 nitrogen and oxygen atoms in total. The number of nitrogens with zero attached hydrogens (tertiary/aromatic N) is 1. The Balaban J connectivity index is 2.32. The van der Waals surface area contributed by atoms with Crippen LogP contribution >= 0.6 is 15.9 Å². The first-order valence-corrected chi connectivity index (χ1v) is 7.65. The maximum atomic E-state index is 14.0. The zero-order valence-electron chi connectivity index (χ0n) is 12.2. The van der Waals surface area contributed by atoms with Gasteiger partial charge in [0, 0.05) is 16.6 Å². The van der Waals surface area contributed by atoms with Crippen molar-refractivity contribution in [2.45, 2.75) is 39.4 Å². The number of halogens is 2. The molecule has 1 N–H and O–H groups in total. The van der Waals surface area contributed by atoms with E-state index < -0.39 is 17.9 Å². The second-order valence-corrected chi connectivity index (χ2v) is 6.54. The van der Waals surface area contributed by atoms with E-state index in [2.05, 4.69) is 21.2 Å². The fourth-order valence-corrected chi connectivity index (χ4v) is 2.89. The third-order valence-electron chi connectivity index (χ3n) is 3.60. The molecule has 1 aliphatic heterocycles. The van der Waals surface area contributed by atoms with Crippen LogP contribution in [-0.2, 0) is 16.1 Å². The molecule has 21 heavy (non-hydrogen) atoms. The van der Waals surface area contributed by atoms with Gasteiger partial charge in [-0.25, -0.2) is 4.39 Å². The van der Waals surface area contributed by atoms with Crippen LogP contribution in [0.15, 0.2) is 22.7 Å². The van der Waals surface area contributed by atoms with E-state index in [0.29, 0.717) is 10.0 Å². The number of amides is 2. The first-order valence-electron chi connectivity index (χ1n) is 6.86. The number of benzene rings is 1. The molecule has 2 unspecified atom stereocenters. The number of carbonyl (C=O) groups excluding carboxylic acids is 2. The van der Waals surface area contributed by atoms with Crippen LogP contribution in [0.5, 0.6) is 0 Å². The van der Waals surface area contributed by atoms with Crippen LogP contribution in [0.1, 0.15) is 26.3 Å². The van der Waals surface area contributed by atoms with Crippen molar-refractivity contribution in [3.63, 3.8) is 0 Å². The summed E-state index contributed by atoms with van der Waals surface area (Å²) in [4.78, 5) is 25.9. The monoisotopic (exact) mass is 356 g/mol. The summed E-state index contributed by atoms with van der Waals surface area (Å²) < 4.78 is 14.6. The summed E-state index contributed by atoms with van der Waals surface area (Å²) >= 11 is 3.20. The van der Waals surface area contributed by atoms with Gasteiger partial charge in [-0.05, 0) is 25.0 Å². The quantitative estimate of drug-likeness (QED) is 0.904. The maximum absolute atomic E-state index is 14.0. The Morgan fingerprint density at radius 2 is 2.05 bits per heavy atom. The molecule has 2 atom stereocenters. The summed E-state index contributed by atoms with van der Waals surface area (Å²) in [6, 6.07) is 3.56. The molecule has 1 aromatic rings. The molecule has 1 saturated heterocycles. The normalized spacial score (nSPS) is 22.7. The van der Waals surface area contributed by atoms with Crippen LogP contribution in [0.4, 0.5) is 4.39 Å². The van der Waals surface area contributed by atoms with Crippen LogP contribution in [0, 0.1) is 11.7 Å². The minimum absolute atomic E-state index is 0.0417. The van der Waals surface area contributed by atoms with Crippen molar-refractivity contribution in [2.75, 3.05) is 0 Å². The molecule has 1 aliphatic rings. The Hall–Kier alpha value is -1.43. The van der Waals surface area contributed by atoms with Gasteiger partial charge in [-0.3, -0.25) is 9.59 Å². The van der Waals surface area contributed by atoms with Crippen molar-refractivity contribution in [1.82, 2.24) is 10.2 Å². The molecule has 1 fully saturated rings. The largest absolute Gasteiger partial charge is 0.343 e. The van der Waals surface area contributed by atoms with E-state index in [4.69, 9.17) is 0 Å². The third-order valence-corrected chi connectivity index (χ3v) is 4.10. The van der Waals surface area contributed by atoms with Crippen LogP contribution < -0.4 is 5.32 Å². The third kappa shape index (κ3) is 3.26. The van der Waals surface area contributed by atoms with Gasteiger partial charge in [-0.1, -0.05) is 35.8 Å². The van der Waals surface area contributed by atoms with Gasteiger partial charge in [-0.15, -0.1) is 0 Å². The molecule has 6 heteroatoms. The van der Waals surface area contributed by atoms with Crippen molar-refractivity contribution in [2.24, 2.45) is 5.92 Å². The standard InChI is InChI=1S/C15H18BrFN2O2/c1-8(2)13-14(20)18-9(3)15(21)19(13)7-10-4-5-11(16)6-12(10)17/h4-6,8-9,13H,7H2,1-3H3,(H,18,20). The van der Waals surface area contributed by atoms with Crippen molar-refractivity contribution < 1.29 is 14.0 Å². The Morgan fingerprint density at radius 3 is 2.62 bits per heavy atom. The van der Waals surface area contributed by atoms with Crippen molar-refractivity contribution in [3.05, 3.63) is 34.1 Å². The Kier molecular flexibility index (Phi) is 4.66. The molecule has 2 amide bonds. The van der Waals surface area contributed by atoms with E-state index in [1.54, 1.807) is 19.1 Å². The van der Waals surface area contributed by atoms with Crippen molar-refractivity contribution >= 4 is 27.7 Å². The summed E-state index contributed by atoms with van der Waals surface area (Å²) in [7, 11) is 0. The number of hydrogen-bond acceptors (Lipinski definition) is 2. The molecule has 0 aromatic heterocycles. The number of rotatable bonds is 3. The van der Waals surface area contributed by atoms with E-state index in [-0.39, 0.29) is 24.3 Å². The van der Waals surface area contributed by atoms with Gasteiger partial charge in [-0.2, -0.15) is 0 Å². The van der Waals surface area contributed by atoms with Gasteiger partial charge in [0.15, 0.2) is 0 Å². The van der Waals surface area contributed by atoms with Crippen LogP contribution in [-0.4, -0.2) is 28.8 Å². The summed E-state index contributed by atoms with van der Waals surface area (Å²) in [5, 5.41) is 2.67. The molecule has 1 aromatic carbocycles. The predicted octanol–water partition coefficient (Wildman–Crippen LogP) is 2.46. The second kappa shape index (κ2) is 6.13. The molecule has 0 bridgehead atoms. The summed E-state index contributed by atoms with van der Waals surface area (Å²) in [6.07, 6.45) is 0. The molecule has 1 heterocycles. The number of piperazine rings is 1. The molecular weight excluding hydrogens is 339 g/mol. The Bertz CT molecular complexity index is 577. The number of hydrogen-bond donors (Lipinski definition) is 1.